The lowest BCUT2D eigenvalue weighted by atomic mass is 9.72. The zero-order valence-electron chi connectivity index (χ0n) is 17.8. The van der Waals surface area contributed by atoms with Gasteiger partial charge in [-0.15, -0.1) is 12.4 Å². The van der Waals surface area contributed by atoms with Crippen molar-refractivity contribution in [3.63, 3.8) is 0 Å². The highest BCUT2D eigenvalue weighted by Crippen LogP contribution is 2.49. The van der Waals surface area contributed by atoms with Gasteiger partial charge in [0.05, 0.1) is 5.60 Å². The number of aryl methyl sites for hydroxylation is 2. The number of hydrogen-bond acceptors (Lipinski definition) is 2. The van der Waals surface area contributed by atoms with Gasteiger partial charge in [0.25, 0.3) is 0 Å². The molecule has 0 aromatic heterocycles. The minimum Gasteiger partial charge on any atom is -0.389 e. The van der Waals surface area contributed by atoms with Crippen molar-refractivity contribution in [2.24, 2.45) is 0 Å². The molecule has 3 atom stereocenters. The van der Waals surface area contributed by atoms with Crippen LogP contribution in [0.4, 0.5) is 0 Å². The molecule has 0 bridgehead atoms. The molecular formula is C28H30ClNO. The second-order valence-corrected chi connectivity index (χ2v) is 9.52. The van der Waals surface area contributed by atoms with Crippen molar-refractivity contribution in [2.45, 2.75) is 49.7 Å². The smallest absolute Gasteiger partial charge is 0.0718 e. The lowest BCUT2D eigenvalue weighted by Crippen LogP contribution is -2.50. The van der Waals surface area contributed by atoms with E-state index in [1.54, 1.807) is 5.56 Å². The fourth-order valence-corrected chi connectivity index (χ4v) is 6.28. The number of halogens is 1. The minimum absolute atomic E-state index is 0. The second kappa shape index (κ2) is 8.09. The van der Waals surface area contributed by atoms with Gasteiger partial charge in [0, 0.05) is 31.5 Å². The molecule has 0 amide bonds. The van der Waals surface area contributed by atoms with E-state index in [2.05, 4.69) is 77.7 Å². The largest absolute Gasteiger partial charge is 0.389 e. The number of fused-ring (bicyclic) bond motifs is 4. The summed E-state index contributed by atoms with van der Waals surface area (Å²) in [5.41, 5.74) is 8.20. The van der Waals surface area contributed by atoms with Crippen LogP contribution in [0.2, 0.25) is 0 Å². The number of benzene rings is 3. The summed E-state index contributed by atoms with van der Waals surface area (Å²) in [6.07, 6.45) is 4.68. The molecule has 6 rings (SSSR count). The highest BCUT2D eigenvalue weighted by Gasteiger charge is 2.44. The van der Waals surface area contributed by atoms with E-state index in [-0.39, 0.29) is 12.4 Å². The number of rotatable bonds is 2. The number of aliphatic hydroxyl groups is 1. The molecule has 3 aromatic carbocycles. The first-order valence-electron chi connectivity index (χ1n) is 11.4. The van der Waals surface area contributed by atoms with Gasteiger partial charge >= 0.3 is 0 Å². The van der Waals surface area contributed by atoms with Gasteiger partial charge in [-0.05, 0) is 59.1 Å². The molecule has 160 valence electrons. The van der Waals surface area contributed by atoms with E-state index in [0.29, 0.717) is 12.0 Å². The molecule has 3 heteroatoms. The number of hydrogen-bond donors (Lipinski definition) is 1. The van der Waals surface area contributed by atoms with Crippen molar-refractivity contribution < 1.29 is 5.11 Å². The lowest BCUT2D eigenvalue weighted by Gasteiger charge is -2.49. The van der Waals surface area contributed by atoms with Crippen LogP contribution in [0.5, 0.6) is 0 Å². The Bertz CT molecular complexity index is 1080. The molecule has 1 aliphatic carbocycles. The van der Waals surface area contributed by atoms with Gasteiger partial charge in [-0.3, -0.25) is 4.90 Å². The van der Waals surface area contributed by atoms with Crippen molar-refractivity contribution in [3.8, 4) is 0 Å². The van der Waals surface area contributed by atoms with Gasteiger partial charge in [-0.2, -0.15) is 0 Å². The summed E-state index contributed by atoms with van der Waals surface area (Å²) in [7, 11) is 0. The van der Waals surface area contributed by atoms with Gasteiger partial charge in [-0.1, -0.05) is 72.8 Å². The second-order valence-electron chi connectivity index (χ2n) is 9.52. The molecule has 2 heterocycles. The molecular weight excluding hydrogens is 402 g/mol. The van der Waals surface area contributed by atoms with Crippen molar-refractivity contribution in [3.05, 3.63) is 106 Å². The Labute approximate surface area is 191 Å². The molecule has 3 aromatic rings. The maximum atomic E-state index is 11.6. The summed E-state index contributed by atoms with van der Waals surface area (Å²) in [4.78, 5) is 2.65. The van der Waals surface area contributed by atoms with Crippen LogP contribution in [0.25, 0.3) is 0 Å². The first-order valence-corrected chi connectivity index (χ1v) is 11.4. The zero-order valence-corrected chi connectivity index (χ0v) is 18.7. The van der Waals surface area contributed by atoms with Crippen LogP contribution in [-0.2, 0) is 19.3 Å². The van der Waals surface area contributed by atoms with E-state index in [4.69, 9.17) is 0 Å². The van der Waals surface area contributed by atoms with Crippen molar-refractivity contribution in [1.82, 2.24) is 4.90 Å². The van der Waals surface area contributed by atoms with Crippen LogP contribution in [0.3, 0.4) is 0 Å². The minimum atomic E-state index is -0.624. The molecule has 2 aliphatic heterocycles. The van der Waals surface area contributed by atoms with Gasteiger partial charge in [0.15, 0.2) is 0 Å². The summed E-state index contributed by atoms with van der Waals surface area (Å²) in [6, 6.07) is 26.8. The molecule has 0 unspecified atom stereocenters. The third-order valence-electron chi connectivity index (χ3n) is 7.70. The SMILES string of the molecule is Cl.O[C@]1(Cc2ccccc2)CCN2C[C@@H]3c4ccccc4CCc4cccc(c43)[C@H]2C1. The molecule has 2 nitrogen and oxygen atoms in total. The molecule has 0 spiro atoms. The molecule has 31 heavy (non-hydrogen) atoms. The Kier molecular flexibility index (Phi) is 5.42. The molecule has 0 saturated carbocycles. The summed E-state index contributed by atoms with van der Waals surface area (Å²) in [5.74, 6) is 0.464. The van der Waals surface area contributed by atoms with Gasteiger partial charge in [0.2, 0.25) is 0 Å². The Balaban J connectivity index is 0.00000204. The fourth-order valence-electron chi connectivity index (χ4n) is 6.28. The van der Waals surface area contributed by atoms with E-state index in [1.165, 1.54) is 27.8 Å². The molecule has 3 aliphatic rings. The van der Waals surface area contributed by atoms with Crippen LogP contribution >= 0.6 is 12.4 Å². The first-order chi connectivity index (χ1) is 14.7. The van der Waals surface area contributed by atoms with Gasteiger partial charge in [0.1, 0.15) is 0 Å². The van der Waals surface area contributed by atoms with Crippen LogP contribution < -0.4 is 0 Å². The molecule has 0 radical (unpaired) electrons. The fraction of sp³-hybridized carbons (Fsp3) is 0.357. The third-order valence-corrected chi connectivity index (χ3v) is 7.70. The number of piperidine rings is 1. The molecule has 1 N–H and O–H groups in total. The van der Waals surface area contributed by atoms with E-state index in [1.807, 2.05) is 0 Å². The predicted octanol–water partition coefficient (Wildman–Crippen LogP) is 5.46. The highest BCUT2D eigenvalue weighted by atomic mass is 35.5. The molecule has 1 saturated heterocycles. The van der Waals surface area contributed by atoms with Crippen LogP contribution in [0.1, 0.15) is 58.2 Å². The quantitative estimate of drug-likeness (QED) is 0.582. The zero-order chi connectivity index (χ0) is 20.1. The first kappa shape index (κ1) is 20.8. The normalized spacial score (nSPS) is 26.6. The Morgan fingerprint density at radius 2 is 1.55 bits per heavy atom. The lowest BCUT2D eigenvalue weighted by molar-refractivity contribution is -0.0517. The van der Waals surface area contributed by atoms with Crippen LogP contribution in [0, 0.1) is 0 Å². The van der Waals surface area contributed by atoms with E-state index in [0.717, 1.165) is 45.2 Å². The summed E-state index contributed by atoms with van der Waals surface area (Å²) < 4.78 is 0. The van der Waals surface area contributed by atoms with E-state index in [9.17, 15) is 5.11 Å². The van der Waals surface area contributed by atoms with Crippen LogP contribution in [0.15, 0.2) is 72.8 Å². The summed E-state index contributed by atoms with van der Waals surface area (Å²) in [6.45, 7) is 2.05. The molecule has 1 fully saturated rings. The van der Waals surface area contributed by atoms with Gasteiger partial charge < -0.3 is 5.11 Å². The maximum Gasteiger partial charge on any atom is 0.0718 e. The average molecular weight is 432 g/mol. The standard InChI is InChI=1S/C28H29NO.ClH/c30-28(17-20-7-2-1-3-8-20)15-16-29-19-25-23-11-5-4-9-21(23)13-14-22-10-6-12-24(27(22)25)26(29)18-28;/h1-12,25-26,30H,13-19H2;1H/t25-,26-,28+;/m1./s1. The van der Waals surface area contributed by atoms with Crippen molar-refractivity contribution >= 4 is 12.4 Å². The topological polar surface area (TPSA) is 23.5 Å². The maximum absolute atomic E-state index is 11.6. The Morgan fingerprint density at radius 1 is 0.839 bits per heavy atom. The van der Waals surface area contributed by atoms with Crippen LogP contribution in [-0.4, -0.2) is 28.7 Å². The average Bonchev–Trinajstić information content (AvgIpc) is 2.93. The Hall–Kier alpha value is -2.13. The third kappa shape index (κ3) is 3.61. The highest BCUT2D eigenvalue weighted by molar-refractivity contribution is 5.85. The van der Waals surface area contributed by atoms with Crippen molar-refractivity contribution in [1.29, 1.82) is 0 Å². The predicted molar refractivity (Wildman–Crippen MR) is 128 cm³/mol. The van der Waals surface area contributed by atoms with Crippen molar-refractivity contribution in [2.75, 3.05) is 13.1 Å². The van der Waals surface area contributed by atoms with Gasteiger partial charge in [-0.25, -0.2) is 0 Å². The monoisotopic (exact) mass is 431 g/mol. The van der Waals surface area contributed by atoms with E-state index >= 15 is 0 Å². The summed E-state index contributed by atoms with van der Waals surface area (Å²) in [5, 5.41) is 11.6. The van der Waals surface area contributed by atoms with E-state index < -0.39 is 5.60 Å². The summed E-state index contributed by atoms with van der Waals surface area (Å²) >= 11 is 0. The number of nitrogens with zero attached hydrogens (tertiary/aromatic N) is 1. The Morgan fingerprint density at radius 3 is 2.42 bits per heavy atom.